The normalized spacial score (nSPS) is 10.5. The maximum atomic E-state index is 6.10. The molecule has 13 heavy (non-hydrogen) atoms. The van der Waals surface area contributed by atoms with Gasteiger partial charge in [0.1, 0.15) is 0 Å². The van der Waals surface area contributed by atoms with Gasteiger partial charge in [0.05, 0.1) is 0 Å². The third-order valence-corrected chi connectivity index (χ3v) is 2.80. The molecule has 0 saturated heterocycles. The van der Waals surface area contributed by atoms with Crippen molar-refractivity contribution in [3.8, 4) is 0 Å². The molecule has 0 aliphatic carbocycles. The summed E-state index contributed by atoms with van der Waals surface area (Å²) in [7, 11) is 0. The number of aryl methyl sites for hydroxylation is 1. The van der Waals surface area contributed by atoms with E-state index in [4.69, 9.17) is 17.3 Å². The molecule has 1 aromatic carbocycles. The van der Waals surface area contributed by atoms with E-state index in [1.807, 2.05) is 6.07 Å². The van der Waals surface area contributed by atoms with E-state index in [2.05, 4.69) is 19.9 Å². The van der Waals surface area contributed by atoms with Crippen LogP contribution in [0.1, 0.15) is 23.1 Å². The van der Waals surface area contributed by atoms with Crippen LogP contribution in [0.3, 0.4) is 0 Å². The molecule has 1 rings (SSSR count). The molecule has 0 fully saturated rings. The SMILES string of the molecule is Cc1ccc(Cl)c(CCCN)c1C. The molecule has 0 aliphatic heterocycles. The first-order valence-corrected chi connectivity index (χ1v) is 4.99. The Kier molecular flexibility index (Phi) is 3.76. The summed E-state index contributed by atoms with van der Waals surface area (Å²) >= 11 is 6.10. The molecule has 0 heterocycles. The molecule has 0 atom stereocenters. The van der Waals surface area contributed by atoms with Crippen LogP contribution in [-0.2, 0) is 6.42 Å². The lowest BCUT2D eigenvalue weighted by atomic mass is 10.00. The Hall–Kier alpha value is -0.530. The maximum absolute atomic E-state index is 6.10. The number of benzene rings is 1. The van der Waals surface area contributed by atoms with E-state index < -0.39 is 0 Å². The van der Waals surface area contributed by atoms with E-state index in [0.717, 1.165) is 24.4 Å². The number of halogens is 1. The Morgan fingerprint density at radius 1 is 1.31 bits per heavy atom. The molecule has 0 radical (unpaired) electrons. The van der Waals surface area contributed by atoms with Crippen molar-refractivity contribution in [1.29, 1.82) is 0 Å². The highest BCUT2D eigenvalue weighted by Crippen LogP contribution is 2.23. The van der Waals surface area contributed by atoms with Gasteiger partial charge in [-0.3, -0.25) is 0 Å². The summed E-state index contributed by atoms with van der Waals surface area (Å²) in [6.07, 6.45) is 1.99. The van der Waals surface area contributed by atoms with Crippen molar-refractivity contribution < 1.29 is 0 Å². The molecule has 1 nitrogen and oxygen atoms in total. The Balaban J connectivity index is 2.96. The Bertz CT molecular complexity index is 294. The zero-order chi connectivity index (χ0) is 9.84. The average molecular weight is 198 g/mol. The van der Waals surface area contributed by atoms with E-state index >= 15 is 0 Å². The lowest BCUT2D eigenvalue weighted by Gasteiger charge is -2.10. The Labute approximate surface area is 84.9 Å². The monoisotopic (exact) mass is 197 g/mol. The summed E-state index contributed by atoms with van der Waals surface area (Å²) in [5.41, 5.74) is 9.34. The summed E-state index contributed by atoms with van der Waals surface area (Å²) < 4.78 is 0. The first-order chi connectivity index (χ1) is 6.16. The van der Waals surface area contributed by atoms with Crippen molar-refractivity contribution >= 4 is 11.6 Å². The highest BCUT2D eigenvalue weighted by molar-refractivity contribution is 6.31. The Morgan fingerprint density at radius 3 is 2.62 bits per heavy atom. The summed E-state index contributed by atoms with van der Waals surface area (Å²) in [4.78, 5) is 0. The van der Waals surface area contributed by atoms with Gasteiger partial charge in [-0.25, -0.2) is 0 Å². The van der Waals surface area contributed by atoms with E-state index in [9.17, 15) is 0 Å². The largest absolute Gasteiger partial charge is 0.330 e. The molecule has 0 amide bonds. The average Bonchev–Trinajstić information content (AvgIpc) is 2.12. The van der Waals surface area contributed by atoms with Crippen LogP contribution in [0.15, 0.2) is 12.1 Å². The van der Waals surface area contributed by atoms with Gasteiger partial charge in [0.15, 0.2) is 0 Å². The van der Waals surface area contributed by atoms with Crippen LogP contribution >= 0.6 is 11.6 Å². The molecular weight excluding hydrogens is 182 g/mol. The smallest absolute Gasteiger partial charge is 0.0440 e. The van der Waals surface area contributed by atoms with Crippen LogP contribution in [0.25, 0.3) is 0 Å². The molecule has 0 saturated carbocycles. The summed E-state index contributed by atoms with van der Waals surface area (Å²) in [6.45, 7) is 4.95. The third kappa shape index (κ3) is 2.45. The molecular formula is C11H16ClN. The fourth-order valence-corrected chi connectivity index (χ4v) is 1.73. The molecule has 0 bridgehead atoms. The van der Waals surface area contributed by atoms with Crippen LogP contribution in [0, 0.1) is 13.8 Å². The number of hydrogen-bond donors (Lipinski definition) is 1. The highest BCUT2D eigenvalue weighted by Gasteiger charge is 2.05. The molecule has 0 aliphatic rings. The van der Waals surface area contributed by atoms with Gasteiger partial charge in [-0.05, 0) is 56.0 Å². The molecule has 1 aromatic rings. The quantitative estimate of drug-likeness (QED) is 0.793. The molecule has 0 aromatic heterocycles. The van der Waals surface area contributed by atoms with Gasteiger partial charge >= 0.3 is 0 Å². The van der Waals surface area contributed by atoms with Crippen LogP contribution in [0.2, 0.25) is 5.02 Å². The van der Waals surface area contributed by atoms with Crippen molar-refractivity contribution in [3.63, 3.8) is 0 Å². The minimum Gasteiger partial charge on any atom is -0.330 e. The summed E-state index contributed by atoms with van der Waals surface area (Å²) in [5, 5.41) is 0.872. The van der Waals surface area contributed by atoms with Crippen molar-refractivity contribution in [2.45, 2.75) is 26.7 Å². The maximum Gasteiger partial charge on any atom is 0.0440 e. The second kappa shape index (κ2) is 4.64. The van der Waals surface area contributed by atoms with Gasteiger partial charge < -0.3 is 5.73 Å². The minimum absolute atomic E-state index is 0.726. The van der Waals surface area contributed by atoms with Crippen LogP contribution < -0.4 is 5.73 Å². The van der Waals surface area contributed by atoms with E-state index in [1.165, 1.54) is 16.7 Å². The molecule has 2 heteroatoms. The number of nitrogens with two attached hydrogens (primary N) is 1. The van der Waals surface area contributed by atoms with Gasteiger partial charge in [0.25, 0.3) is 0 Å². The zero-order valence-corrected chi connectivity index (χ0v) is 8.99. The van der Waals surface area contributed by atoms with Gasteiger partial charge in [0, 0.05) is 5.02 Å². The van der Waals surface area contributed by atoms with Crippen molar-refractivity contribution in [3.05, 3.63) is 33.8 Å². The first kappa shape index (κ1) is 10.6. The topological polar surface area (TPSA) is 26.0 Å². The zero-order valence-electron chi connectivity index (χ0n) is 8.23. The molecule has 72 valence electrons. The van der Waals surface area contributed by atoms with Gasteiger partial charge in [0.2, 0.25) is 0 Å². The molecule has 0 spiro atoms. The van der Waals surface area contributed by atoms with Gasteiger partial charge in [-0.2, -0.15) is 0 Å². The summed E-state index contributed by atoms with van der Waals surface area (Å²) in [5.74, 6) is 0. The van der Waals surface area contributed by atoms with Crippen molar-refractivity contribution in [2.24, 2.45) is 5.73 Å². The number of rotatable bonds is 3. The standard InChI is InChI=1S/C11H16ClN/c1-8-5-6-11(12)10(9(8)2)4-3-7-13/h5-6H,3-4,7,13H2,1-2H3. The van der Waals surface area contributed by atoms with Gasteiger partial charge in [-0.1, -0.05) is 17.7 Å². The van der Waals surface area contributed by atoms with Gasteiger partial charge in [-0.15, -0.1) is 0 Å². The highest BCUT2D eigenvalue weighted by atomic mass is 35.5. The fraction of sp³-hybridized carbons (Fsp3) is 0.455. The van der Waals surface area contributed by atoms with Crippen molar-refractivity contribution in [2.75, 3.05) is 6.54 Å². The summed E-state index contributed by atoms with van der Waals surface area (Å²) in [6, 6.07) is 4.03. The predicted molar refractivity (Wildman–Crippen MR) is 58.3 cm³/mol. The first-order valence-electron chi connectivity index (χ1n) is 4.61. The van der Waals surface area contributed by atoms with Crippen LogP contribution in [0.4, 0.5) is 0 Å². The van der Waals surface area contributed by atoms with Crippen molar-refractivity contribution in [1.82, 2.24) is 0 Å². The molecule has 2 N–H and O–H groups in total. The van der Waals surface area contributed by atoms with E-state index in [1.54, 1.807) is 0 Å². The minimum atomic E-state index is 0.726. The predicted octanol–water partition coefficient (Wildman–Crippen LogP) is 2.85. The second-order valence-corrected chi connectivity index (χ2v) is 3.77. The molecule has 0 unspecified atom stereocenters. The van der Waals surface area contributed by atoms with E-state index in [0.29, 0.717) is 0 Å². The van der Waals surface area contributed by atoms with Crippen LogP contribution in [0.5, 0.6) is 0 Å². The Morgan fingerprint density at radius 2 is 2.00 bits per heavy atom. The number of hydrogen-bond acceptors (Lipinski definition) is 1. The third-order valence-electron chi connectivity index (χ3n) is 2.44. The lowest BCUT2D eigenvalue weighted by molar-refractivity contribution is 0.827. The lowest BCUT2D eigenvalue weighted by Crippen LogP contribution is -2.02. The van der Waals surface area contributed by atoms with Crippen LogP contribution in [-0.4, -0.2) is 6.54 Å². The second-order valence-electron chi connectivity index (χ2n) is 3.36. The fourth-order valence-electron chi connectivity index (χ4n) is 1.43. The van der Waals surface area contributed by atoms with E-state index in [-0.39, 0.29) is 0 Å².